The van der Waals surface area contributed by atoms with E-state index in [0.29, 0.717) is 0 Å². The minimum absolute atomic E-state index is 0.238. The molecule has 1 amide bonds. The van der Waals surface area contributed by atoms with Crippen LogP contribution in [-0.2, 0) is 16.2 Å². The summed E-state index contributed by atoms with van der Waals surface area (Å²) in [7, 11) is 1.50. The van der Waals surface area contributed by atoms with E-state index in [0.717, 1.165) is 10.6 Å². The summed E-state index contributed by atoms with van der Waals surface area (Å²) in [6, 6.07) is 9.46. The van der Waals surface area contributed by atoms with Crippen molar-refractivity contribution in [2.24, 2.45) is 0 Å². The van der Waals surface area contributed by atoms with Crippen molar-refractivity contribution in [3.63, 3.8) is 0 Å². The predicted octanol–water partition coefficient (Wildman–Crippen LogP) is 3.40. The van der Waals surface area contributed by atoms with Crippen LogP contribution in [-0.4, -0.2) is 24.8 Å². The average Bonchev–Trinajstić information content (AvgIpc) is 2.45. The molecule has 4 nitrogen and oxygen atoms in total. The number of nitrogens with zero attached hydrogens (tertiary/aromatic N) is 1. The summed E-state index contributed by atoms with van der Waals surface area (Å²) in [6.45, 7) is 7.99. The fourth-order valence-corrected chi connectivity index (χ4v) is 1.03. The minimum Gasteiger partial charge on any atom is -0.443 e. The van der Waals surface area contributed by atoms with Crippen LogP contribution in [0.15, 0.2) is 43.0 Å². The van der Waals surface area contributed by atoms with Gasteiger partial charge in [-0.15, -0.1) is 6.58 Å². The lowest BCUT2D eigenvalue weighted by Gasteiger charge is -2.15. The van der Waals surface area contributed by atoms with E-state index in [2.05, 4.69) is 6.58 Å². The van der Waals surface area contributed by atoms with E-state index in [1.54, 1.807) is 6.08 Å². The highest BCUT2D eigenvalue weighted by Crippen LogP contribution is 2.02. The molecule has 100 valence electrons. The Balaban J connectivity index is 0.00000137. The van der Waals surface area contributed by atoms with Crippen molar-refractivity contribution in [3.05, 3.63) is 48.6 Å². The Kier molecular flexibility index (Phi) is 9.31. The first-order chi connectivity index (χ1) is 8.74. The van der Waals surface area contributed by atoms with E-state index >= 15 is 0 Å². The summed E-state index contributed by atoms with van der Waals surface area (Å²) < 4.78 is 5.01. The summed E-state index contributed by atoms with van der Waals surface area (Å²) in [5.74, 6) is 0. The highest BCUT2D eigenvalue weighted by atomic mass is 16.7. The predicted molar refractivity (Wildman–Crippen MR) is 71.9 cm³/mol. The summed E-state index contributed by atoms with van der Waals surface area (Å²) in [5, 5.41) is 1.05. The smallest absolute Gasteiger partial charge is 0.434 e. The molecule has 0 saturated carbocycles. The monoisotopic (exact) mass is 251 g/mol. The zero-order chi connectivity index (χ0) is 13.8. The van der Waals surface area contributed by atoms with Crippen LogP contribution in [0.25, 0.3) is 0 Å². The van der Waals surface area contributed by atoms with E-state index in [1.807, 2.05) is 44.2 Å². The first-order valence-electron chi connectivity index (χ1n) is 5.92. The maximum Gasteiger partial charge on any atom is 0.434 e. The molecule has 0 heterocycles. The van der Waals surface area contributed by atoms with E-state index in [4.69, 9.17) is 9.57 Å². The van der Waals surface area contributed by atoms with E-state index in [-0.39, 0.29) is 13.2 Å². The highest BCUT2D eigenvalue weighted by molar-refractivity contribution is 5.65. The second-order valence-corrected chi connectivity index (χ2v) is 3.12. The molecular weight excluding hydrogens is 230 g/mol. The van der Waals surface area contributed by atoms with Crippen LogP contribution in [0.2, 0.25) is 0 Å². The fraction of sp³-hybridized carbons (Fsp3) is 0.357. The molecule has 1 aromatic carbocycles. The first kappa shape index (κ1) is 16.2. The van der Waals surface area contributed by atoms with Gasteiger partial charge in [0.05, 0.1) is 6.61 Å². The number of benzene rings is 1. The normalized spacial score (nSPS) is 8.83. The Labute approximate surface area is 109 Å². The number of hydroxylamine groups is 2. The van der Waals surface area contributed by atoms with Crippen molar-refractivity contribution in [1.29, 1.82) is 0 Å². The summed E-state index contributed by atoms with van der Waals surface area (Å²) >= 11 is 0. The molecule has 4 heteroatoms. The van der Waals surface area contributed by atoms with Gasteiger partial charge in [0.2, 0.25) is 0 Å². The Morgan fingerprint density at radius 3 is 2.50 bits per heavy atom. The van der Waals surface area contributed by atoms with Crippen molar-refractivity contribution in [2.45, 2.75) is 20.5 Å². The molecule has 0 aliphatic rings. The van der Waals surface area contributed by atoms with Gasteiger partial charge < -0.3 is 4.74 Å². The molecule has 0 radical (unpaired) electrons. The van der Waals surface area contributed by atoms with Gasteiger partial charge >= 0.3 is 6.09 Å². The average molecular weight is 251 g/mol. The minimum atomic E-state index is -0.522. The number of hydrogen-bond donors (Lipinski definition) is 0. The number of amides is 1. The van der Waals surface area contributed by atoms with Crippen molar-refractivity contribution < 1.29 is 14.4 Å². The molecule has 18 heavy (non-hydrogen) atoms. The lowest BCUT2D eigenvalue weighted by atomic mass is 10.2. The van der Waals surface area contributed by atoms with Gasteiger partial charge in [0, 0.05) is 7.05 Å². The topological polar surface area (TPSA) is 38.8 Å². The van der Waals surface area contributed by atoms with Crippen LogP contribution >= 0.6 is 0 Å². The molecule has 0 aliphatic carbocycles. The number of rotatable bonds is 5. The van der Waals surface area contributed by atoms with Crippen LogP contribution < -0.4 is 0 Å². The molecule has 1 rings (SSSR count). The molecule has 0 fully saturated rings. The fourth-order valence-electron chi connectivity index (χ4n) is 1.03. The second kappa shape index (κ2) is 10.4. The molecule has 0 spiro atoms. The number of carbonyl (C=O) groups excluding carboxylic acids is 1. The molecule has 0 saturated heterocycles. The maximum absolute atomic E-state index is 11.4. The third kappa shape index (κ3) is 6.70. The van der Waals surface area contributed by atoms with Gasteiger partial charge in [-0.2, -0.15) is 5.06 Å². The summed E-state index contributed by atoms with van der Waals surface area (Å²) in [5.41, 5.74) is 0.938. The molecule has 0 unspecified atom stereocenters. The van der Waals surface area contributed by atoms with Gasteiger partial charge in [-0.1, -0.05) is 50.3 Å². The van der Waals surface area contributed by atoms with Gasteiger partial charge in [-0.25, -0.2) is 4.79 Å². The summed E-state index contributed by atoms with van der Waals surface area (Å²) in [6.07, 6.45) is 1.03. The van der Waals surface area contributed by atoms with Crippen LogP contribution in [0.1, 0.15) is 19.4 Å². The SMILES string of the molecule is C=CCON(C)C(=O)OCc1ccccc1.CC. The third-order valence-corrected chi connectivity index (χ3v) is 1.85. The Hall–Kier alpha value is -1.81. The summed E-state index contributed by atoms with van der Waals surface area (Å²) in [4.78, 5) is 16.3. The second-order valence-electron chi connectivity index (χ2n) is 3.12. The van der Waals surface area contributed by atoms with Gasteiger partial charge in [0.15, 0.2) is 0 Å². The first-order valence-corrected chi connectivity index (χ1v) is 5.92. The Morgan fingerprint density at radius 2 is 1.94 bits per heavy atom. The Morgan fingerprint density at radius 1 is 1.33 bits per heavy atom. The third-order valence-electron chi connectivity index (χ3n) is 1.85. The lowest BCUT2D eigenvalue weighted by molar-refractivity contribution is -0.109. The molecule has 0 aromatic heterocycles. The van der Waals surface area contributed by atoms with Crippen LogP contribution in [0.5, 0.6) is 0 Å². The largest absolute Gasteiger partial charge is 0.443 e. The van der Waals surface area contributed by atoms with E-state index < -0.39 is 6.09 Å². The number of ether oxygens (including phenoxy) is 1. The van der Waals surface area contributed by atoms with Crippen molar-refractivity contribution in [2.75, 3.05) is 13.7 Å². The number of hydrogen-bond acceptors (Lipinski definition) is 3. The van der Waals surface area contributed by atoms with Crippen molar-refractivity contribution in [1.82, 2.24) is 5.06 Å². The molecular formula is C14H21NO3. The molecule has 0 atom stereocenters. The van der Waals surface area contributed by atoms with Gasteiger partial charge in [-0.05, 0) is 5.56 Å². The van der Waals surface area contributed by atoms with Crippen LogP contribution in [0, 0.1) is 0 Å². The van der Waals surface area contributed by atoms with Gasteiger partial charge in [0.25, 0.3) is 0 Å². The number of carbonyl (C=O) groups is 1. The Bertz CT molecular complexity index is 338. The highest BCUT2D eigenvalue weighted by Gasteiger charge is 2.09. The van der Waals surface area contributed by atoms with Gasteiger partial charge in [-0.3, -0.25) is 4.84 Å². The quantitative estimate of drug-likeness (QED) is 0.594. The van der Waals surface area contributed by atoms with Crippen molar-refractivity contribution in [3.8, 4) is 0 Å². The van der Waals surface area contributed by atoms with Crippen LogP contribution in [0.3, 0.4) is 0 Å². The molecule has 1 aromatic rings. The lowest BCUT2D eigenvalue weighted by Crippen LogP contribution is -2.27. The molecule has 0 N–H and O–H groups in total. The zero-order valence-corrected chi connectivity index (χ0v) is 11.3. The molecule has 0 aliphatic heterocycles. The zero-order valence-electron chi connectivity index (χ0n) is 11.3. The maximum atomic E-state index is 11.4. The molecule has 0 bridgehead atoms. The van der Waals surface area contributed by atoms with Crippen molar-refractivity contribution >= 4 is 6.09 Å². The van der Waals surface area contributed by atoms with Gasteiger partial charge in [0.1, 0.15) is 6.61 Å². The van der Waals surface area contributed by atoms with Crippen LogP contribution in [0.4, 0.5) is 4.79 Å². The van der Waals surface area contributed by atoms with E-state index in [9.17, 15) is 4.79 Å². The standard InChI is InChI=1S/C12H15NO3.C2H6/c1-3-9-16-13(2)12(14)15-10-11-7-5-4-6-8-11;1-2/h3-8H,1,9-10H2,2H3;1-2H3. The van der Waals surface area contributed by atoms with E-state index in [1.165, 1.54) is 7.05 Å².